The molecule has 8 heteroatoms. The molecule has 0 unspecified atom stereocenters. The molecule has 0 aliphatic rings. The molecular formula is C20H20ClFN2O4. The Morgan fingerprint density at radius 1 is 1.04 bits per heavy atom. The van der Waals surface area contributed by atoms with Gasteiger partial charge in [-0.3, -0.25) is 9.59 Å². The highest BCUT2D eigenvalue weighted by Gasteiger charge is 2.27. The van der Waals surface area contributed by atoms with E-state index in [0.29, 0.717) is 10.6 Å². The minimum atomic E-state index is -1.24. The highest BCUT2D eigenvalue weighted by Crippen LogP contribution is 2.13. The molecule has 2 atom stereocenters. The fourth-order valence-corrected chi connectivity index (χ4v) is 2.92. The monoisotopic (exact) mass is 406 g/mol. The third kappa shape index (κ3) is 6.35. The zero-order valence-electron chi connectivity index (χ0n) is 15.1. The Hall–Kier alpha value is -2.93. The van der Waals surface area contributed by atoms with Gasteiger partial charge in [-0.2, -0.15) is 0 Å². The molecule has 0 aliphatic heterocycles. The van der Waals surface area contributed by atoms with Gasteiger partial charge < -0.3 is 15.7 Å². The molecule has 0 spiro atoms. The topological polar surface area (TPSA) is 95.5 Å². The van der Waals surface area contributed by atoms with Crippen molar-refractivity contribution in [1.82, 2.24) is 10.6 Å². The number of carboxylic acids is 1. The number of hydrogen-bond donors (Lipinski definition) is 3. The molecule has 0 heterocycles. The van der Waals surface area contributed by atoms with Crippen LogP contribution in [0.1, 0.15) is 18.1 Å². The molecule has 0 saturated heterocycles. The molecule has 2 rings (SSSR count). The van der Waals surface area contributed by atoms with Crippen LogP contribution in [0.2, 0.25) is 5.02 Å². The van der Waals surface area contributed by atoms with E-state index < -0.39 is 35.7 Å². The Labute approximate surface area is 166 Å². The Balaban J connectivity index is 2.15. The molecule has 3 N–H and O–H groups in total. The quantitative estimate of drug-likeness (QED) is 0.627. The van der Waals surface area contributed by atoms with Crippen LogP contribution >= 0.6 is 11.6 Å². The standard InChI is InChI=1S/C20H20ClFN2O4/c1-12(25)23-17(11-14-6-2-3-8-16(14)22)19(26)24-18(20(27)28)10-13-5-4-7-15(21)9-13/h2-9,17-18H,10-11H2,1H3,(H,23,25)(H,24,26)(H,27,28)/t17-,18+/m1/s1. The van der Waals surface area contributed by atoms with E-state index in [9.17, 15) is 23.9 Å². The number of carboxylic acid groups (broad SMARTS) is 1. The van der Waals surface area contributed by atoms with E-state index in [2.05, 4.69) is 10.6 Å². The third-order valence-corrected chi connectivity index (χ3v) is 4.25. The number of amides is 2. The van der Waals surface area contributed by atoms with Gasteiger partial charge in [0.25, 0.3) is 0 Å². The van der Waals surface area contributed by atoms with Gasteiger partial charge in [-0.05, 0) is 29.3 Å². The lowest BCUT2D eigenvalue weighted by molar-refractivity contribution is -0.142. The highest BCUT2D eigenvalue weighted by molar-refractivity contribution is 6.30. The van der Waals surface area contributed by atoms with E-state index in [4.69, 9.17) is 11.6 Å². The van der Waals surface area contributed by atoms with E-state index >= 15 is 0 Å². The number of halogens is 2. The van der Waals surface area contributed by atoms with Gasteiger partial charge >= 0.3 is 5.97 Å². The van der Waals surface area contributed by atoms with Crippen molar-refractivity contribution in [3.05, 3.63) is 70.5 Å². The zero-order valence-corrected chi connectivity index (χ0v) is 15.9. The second-order valence-corrected chi connectivity index (χ2v) is 6.72. The number of nitrogens with one attached hydrogen (secondary N) is 2. The van der Waals surface area contributed by atoms with Gasteiger partial charge in [-0.25, -0.2) is 9.18 Å². The lowest BCUT2D eigenvalue weighted by Gasteiger charge is -2.21. The Morgan fingerprint density at radius 3 is 2.36 bits per heavy atom. The normalized spacial score (nSPS) is 12.7. The van der Waals surface area contributed by atoms with Crippen LogP contribution in [-0.2, 0) is 27.2 Å². The van der Waals surface area contributed by atoms with Crippen molar-refractivity contribution in [2.45, 2.75) is 31.8 Å². The number of aliphatic carboxylic acids is 1. The summed E-state index contributed by atoms with van der Waals surface area (Å²) in [5.41, 5.74) is 0.864. The maximum Gasteiger partial charge on any atom is 0.326 e. The minimum absolute atomic E-state index is 0.00806. The van der Waals surface area contributed by atoms with Crippen LogP contribution in [0.5, 0.6) is 0 Å². The maximum atomic E-state index is 13.9. The summed E-state index contributed by atoms with van der Waals surface area (Å²) in [5.74, 6) is -2.95. The number of carbonyl (C=O) groups excluding carboxylic acids is 2. The summed E-state index contributed by atoms with van der Waals surface area (Å²) in [4.78, 5) is 35.7. The molecular weight excluding hydrogens is 387 g/mol. The minimum Gasteiger partial charge on any atom is -0.480 e. The lowest BCUT2D eigenvalue weighted by atomic mass is 10.0. The molecule has 148 valence electrons. The molecule has 2 aromatic rings. The molecule has 0 aliphatic carbocycles. The van der Waals surface area contributed by atoms with Gasteiger partial charge in [0.1, 0.15) is 17.9 Å². The van der Waals surface area contributed by atoms with Crippen molar-refractivity contribution in [2.75, 3.05) is 0 Å². The predicted molar refractivity (Wildman–Crippen MR) is 102 cm³/mol. The summed E-state index contributed by atoms with van der Waals surface area (Å²) in [6.45, 7) is 1.22. The van der Waals surface area contributed by atoms with Crippen LogP contribution in [-0.4, -0.2) is 35.0 Å². The summed E-state index contributed by atoms with van der Waals surface area (Å²) in [5, 5.41) is 14.8. The Kier molecular flexibility index (Phi) is 7.52. The van der Waals surface area contributed by atoms with Gasteiger partial charge in [0, 0.05) is 24.8 Å². The summed E-state index contributed by atoms with van der Waals surface area (Å²) in [6, 6.07) is 10.1. The highest BCUT2D eigenvalue weighted by atomic mass is 35.5. The Morgan fingerprint density at radius 2 is 1.75 bits per heavy atom. The fourth-order valence-electron chi connectivity index (χ4n) is 2.71. The van der Waals surface area contributed by atoms with E-state index in [1.54, 1.807) is 30.3 Å². The molecule has 6 nitrogen and oxygen atoms in total. The van der Waals surface area contributed by atoms with Gasteiger partial charge in [-0.1, -0.05) is 41.9 Å². The first-order valence-corrected chi connectivity index (χ1v) is 8.92. The van der Waals surface area contributed by atoms with Crippen molar-refractivity contribution in [1.29, 1.82) is 0 Å². The molecule has 0 fully saturated rings. The second-order valence-electron chi connectivity index (χ2n) is 6.28. The molecule has 0 bridgehead atoms. The van der Waals surface area contributed by atoms with Crippen LogP contribution in [0.15, 0.2) is 48.5 Å². The van der Waals surface area contributed by atoms with Crippen molar-refractivity contribution in [3.63, 3.8) is 0 Å². The molecule has 0 aromatic heterocycles. The van der Waals surface area contributed by atoms with Crippen LogP contribution < -0.4 is 10.6 Å². The van der Waals surface area contributed by atoms with Gasteiger partial charge in [0.2, 0.25) is 11.8 Å². The largest absolute Gasteiger partial charge is 0.480 e. The number of carbonyl (C=O) groups is 3. The summed E-state index contributed by atoms with van der Waals surface area (Å²) >= 11 is 5.91. The summed E-state index contributed by atoms with van der Waals surface area (Å²) < 4.78 is 13.9. The molecule has 2 amide bonds. The molecule has 28 heavy (non-hydrogen) atoms. The van der Waals surface area contributed by atoms with Crippen LogP contribution in [0, 0.1) is 5.82 Å². The summed E-state index contributed by atoms with van der Waals surface area (Å²) in [7, 11) is 0. The van der Waals surface area contributed by atoms with Crippen molar-refractivity contribution in [2.24, 2.45) is 0 Å². The molecule has 2 aromatic carbocycles. The van der Waals surface area contributed by atoms with Crippen molar-refractivity contribution >= 4 is 29.4 Å². The predicted octanol–water partition coefficient (Wildman–Crippen LogP) is 2.34. The van der Waals surface area contributed by atoms with Gasteiger partial charge in [0.05, 0.1) is 0 Å². The average Bonchev–Trinajstić information content (AvgIpc) is 2.62. The third-order valence-electron chi connectivity index (χ3n) is 4.02. The SMILES string of the molecule is CC(=O)N[C@H](Cc1ccccc1F)C(=O)N[C@@H](Cc1cccc(Cl)c1)C(=O)O. The molecule has 0 radical (unpaired) electrons. The van der Waals surface area contributed by atoms with Crippen LogP contribution in [0.25, 0.3) is 0 Å². The fraction of sp³-hybridized carbons (Fsp3) is 0.250. The molecule has 0 saturated carbocycles. The second kappa shape index (κ2) is 9.85. The van der Waals surface area contributed by atoms with Gasteiger partial charge in [0.15, 0.2) is 0 Å². The first kappa shape index (κ1) is 21.4. The van der Waals surface area contributed by atoms with E-state index in [1.807, 2.05) is 0 Å². The van der Waals surface area contributed by atoms with E-state index in [1.165, 1.54) is 25.1 Å². The average molecular weight is 407 g/mol. The number of benzene rings is 2. The number of rotatable bonds is 8. The van der Waals surface area contributed by atoms with E-state index in [0.717, 1.165) is 0 Å². The zero-order chi connectivity index (χ0) is 20.7. The van der Waals surface area contributed by atoms with Crippen LogP contribution in [0.4, 0.5) is 4.39 Å². The van der Waals surface area contributed by atoms with Crippen LogP contribution in [0.3, 0.4) is 0 Å². The van der Waals surface area contributed by atoms with Crippen molar-refractivity contribution < 1.29 is 23.9 Å². The smallest absolute Gasteiger partial charge is 0.326 e. The lowest BCUT2D eigenvalue weighted by Crippen LogP contribution is -2.52. The van der Waals surface area contributed by atoms with Gasteiger partial charge in [-0.15, -0.1) is 0 Å². The maximum absolute atomic E-state index is 13.9. The summed E-state index contributed by atoms with van der Waals surface area (Å²) in [6.07, 6.45) is -0.101. The van der Waals surface area contributed by atoms with E-state index in [-0.39, 0.29) is 18.4 Å². The Bertz CT molecular complexity index is 875. The van der Waals surface area contributed by atoms with Crippen molar-refractivity contribution in [3.8, 4) is 0 Å². The first-order chi connectivity index (χ1) is 13.3. The first-order valence-electron chi connectivity index (χ1n) is 8.54. The number of hydrogen-bond acceptors (Lipinski definition) is 3.